The van der Waals surface area contributed by atoms with Crippen LogP contribution >= 0.6 is 12.6 Å². The zero-order chi connectivity index (χ0) is 22.5. The molecule has 0 saturated heterocycles. The lowest BCUT2D eigenvalue weighted by Crippen LogP contribution is -2.27. The average molecular weight is 434 g/mol. The number of amides is 1. The maximum Gasteiger partial charge on any atom is 0.404 e. The summed E-state index contributed by atoms with van der Waals surface area (Å²) in [7, 11) is 0. The lowest BCUT2D eigenvalue weighted by Gasteiger charge is -2.09. The molecule has 1 aliphatic rings. The van der Waals surface area contributed by atoms with Crippen LogP contribution in [0.15, 0.2) is 41.6 Å². The summed E-state index contributed by atoms with van der Waals surface area (Å²) in [4.78, 5) is 19.4. The first-order valence-corrected chi connectivity index (χ1v) is 10.7. The molecule has 0 radical (unpaired) electrons. The molecule has 0 spiro atoms. The average Bonchev–Trinajstić information content (AvgIpc) is 3.18. The first kappa shape index (κ1) is 25.7. The van der Waals surface area contributed by atoms with Crippen molar-refractivity contribution in [3.63, 3.8) is 0 Å². The minimum Gasteiger partial charge on any atom is -0.465 e. The maximum atomic E-state index is 9.70. The molecule has 30 heavy (non-hydrogen) atoms. The van der Waals surface area contributed by atoms with E-state index in [0.717, 1.165) is 10.6 Å². The van der Waals surface area contributed by atoms with Gasteiger partial charge in [0.2, 0.25) is 5.95 Å². The van der Waals surface area contributed by atoms with Crippen LogP contribution in [-0.4, -0.2) is 33.3 Å². The summed E-state index contributed by atoms with van der Waals surface area (Å²) in [6.07, 6.45) is 8.17. The monoisotopic (exact) mass is 433 g/mol. The third kappa shape index (κ3) is 11.6. The van der Waals surface area contributed by atoms with E-state index in [1.807, 2.05) is 50.5 Å². The minimum atomic E-state index is -0.963. The molecule has 0 bridgehead atoms. The molecule has 1 amide bonds. The van der Waals surface area contributed by atoms with Crippen LogP contribution in [0.5, 0.6) is 0 Å². The van der Waals surface area contributed by atoms with E-state index >= 15 is 0 Å². The van der Waals surface area contributed by atoms with Crippen molar-refractivity contribution < 1.29 is 9.90 Å². The summed E-state index contributed by atoms with van der Waals surface area (Å²) in [5.41, 5.74) is 7.36. The number of rotatable bonds is 4. The molecule has 7 nitrogen and oxygen atoms in total. The van der Waals surface area contributed by atoms with Crippen molar-refractivity contribution in [1.82, 2.24) is 15.3 Å². The van der Waals surface area contributed by atoms with Gasteiger partial charge in [-0.15, -0.1) is 12.6 Å². The summed E-state index contributed by atoms with van der Waals surface area (Å²) >= 11 is 4.26. The number of nitrogens with one attached hydrogen (secondary N) is 2. The number of carbonyl (C=O) groups is 1. The predicted molar refractivity (Wildman–Crippen MR) is 126 cm³/mol. The van der Waals surface area contributed by atoms with Crippen LogP contribution in [0, 0.1) is 0 Å². The third-order valence-corrected chi connectivity index (χ3v) is 4.33. The molecule has 1 saturated carbocycles. The summed E-state index contributed by atoms with van der Waals surface area (Å²) in [6.45, 7) is 7.43. The molecule has 0 atom stereocenters. The lowest BCUT2D eigenvalue weighted by atomic mass is 10.0. The molecule has 1 fully saturated rings. The zero-order valence-electron chi connectivity index (χ0n) is 18.3. The van der Waals surface area contributed by atoms with Gasteiger partial charge in [-0.2, -0.15) is 0 Å². The van der Waals surface area contributed by atoms with E-state index in [0.29, 0.717) is 17.9 Å². The van der Waals surface area contributed by atoms with Gasteiger partial charge < -0.3 is 21.5 Å². The van der Waals surface area contributed by atoms with E-state index in [1.165, 1.54) is 31.2 Å². The molecule has 1 heterocycles. The topological polar surface area (TPSA) is 113 Å². The quantitative estimate of drug-likeness (QED) is 0.425. The Balaban J connectivity index is 0.000000343. The van der Waals surface area contributed by atoms with Crippen LogP contribution in [0.25, 0.3) is 0 Å². The number of benzene rings is 1. The second-order valence-corrected chi connectivity index (χ2v) is 8.36. The number of hydrogen-bond acceptors (Lipinski definition) is 6. The highest BCUT2D eigenvalue weighted by Gasteiger charge is 2.17. The maximum absolute atomic E-state index is 9.70. The number of hydrogen-bond donors (Lipinski definition) is 5. The first-order chi connectivity index (χ1) is 14.2. The predicted octanol–water partition coefficient (Wildman–Crippen LogP) is 5.18. The Bertz CT molecular complexity index is 727. The number of nitrogens with two attached hydrogens (primary N) is 1. The summed E-state index contributed by atoms with van der Waals surface area (Å²) in [6, 6.07) is 8.18. The van der Waals surface area contributed by atoms with E-state index in [9.17, 15) is 4.79 Å². The van der Waals surface area contributed by atoms with Crippen LogP contribution in [0.4, 0.5) is 16.4 Å². The van der Waals surface area contributed by atoms with E-state index in [-0.39, 0.29) is 6.04 Å². The fourth-order valence-corrected chi connectivity index (χ4v) is 2.94. The van der Waals surface area contributed by atoms with Crippen LogP contribution in [0.2, 0.25) is 0 Å². The standard InChI is InChI=1S/C15H17N3S.C4H9NO2.C3H9N/c19-14-7-5-13(6-8-14)18-15-16-9-12(10-17-15)11-3-1-2-4-11;1-3(2)5-4(6)7;1-3(2)4/h5-11,19H,1-4H2,(H,16,17,18);3,5H,1-2H3,(H,6,7);3H,4H2,1-2H3. The largest absolute Gasteiger partial charge is 0.465 e. The third-order valence-electron chi connectivity index (χ3n) is 4.03. The van der Waals surface area contributed by atoms with Gasteiger partial charge in [0.15, 0.2) is 0 Å². The van der Waals surface area contributed by atoms with Crippen molar-refractivity contribution in [1.29, 1.82) is 0 Å². The van der Waals surface area contributed by atoms with Gasteiger partial charge in [0, 0.05) is 29.0 Å². The van der Waals surface area contributed by atoms with Crippen molar-refractivity contribution in [2.24, 2.45) is 5.73 Å². The fourth-order valence-electron chi connectivity index (χ4n) is 2.79. The summed E-state index contributed by atoms with van der Waals surface area (Å²) < 4.78 is 0. The van der Waals surface area contributed by atoms with Gasteiger partial charge in [-0.05, 0) is 68.5 Å². The van der Waals surface area contributed by atoms with Gasteiger partial charge in [0.1, 0.15) is 0 Å². The van der Waals surface area contributed by atoms with Crippen LogP contribution in [-0.2, 0) is 0 Å². The van der Waals surface area contributed by atoms with Crippen molar-refractivity contribution in [3.8, 4) is 0 Å². The van der Waals surface area contributed by atoms with Crippen molar-refractivity contribution in [2.75, 3.05) is 5.32 Å². The molecule has 0 aliphatic heterocycles. The molecule has 2 aromatic rings. The number of aromatic nitrogens is 2. The van der Waals surface area contributed by atoms with Crippen molar-refractivity contribution in [3.05, 3.63) is 42.2 Å². The second kappa shape index (κ2) is 13.8. The normalized spacial score (nSPS) is 13.2. The zero-order valence-corrected chi connectivity index (χ0v) is 19.2. The SMILES string of the molecule is CC(C)N.CC(C)NC(=O)O.Sc1ccc(Nc2ncc(C3CCCC3)cn2)cc1. The lowest BCUT2D eigenvalue weighted by molar-refractivity contribution is 0.191. The first-order valence-electron chi connectivity index (χ1n) is 10.3. The Morgan fingerprint density at radius 3 is 2.00 bits per heavy atom. The number of carboxylic acid groups (broad SMARTS) is 1. The van der Waals surface area contributed by atoms with Crippen molar-refractivity contribution >= 4 is 30.4 Å². The number of thiol groups is 1. The molecule has 0 unspecified atom stereocenters. The van der Waals surface area contributed by atoms with E-state index in [2.05, 4.69) is 33.2 Å². The van der Waals surface area contributed by atoms with Gasteiger partial charge in [-0.1, -0.05) is 26.7 Å². The Morgan fingerprint density at radius 2 is 1.60 bits per heavy atom. The molecular formula is C22H35N5O2S. The Hall–Kier alpha value is -2.32. The number of anilines is 2. The molecule has 8 heteroatoms. The van der Waals surface area contributed by atoms with E-state index in [1.54, 1.807) is 13.8 Å². The Labute approximate surface area is 185 Å². The molecule has 1 aromatic heterocycles. The van der Waals surface area contributed by atoms with Crippen LogP contribution < -0.4 is 16.4 Å². The molecule has 1 aromatic carbocycles. The van der Waals surface area contributed by atoms with Gasteiger partial charge in [-0.25, -0.2) is 14.8 Å². The molecule has 166 valence electrons. The van der Waals surface area contributed by atoms with Gasteiger partial charge in [0.05, 0.1) is 0 Å². The van der Waals surface area contributed by atoms with Crippen molar-refractivity contribution in [2.45, 2.75) is 76.3 Å². The molecule has 3 rings (SSSR count). The van der Waals surface area contributed by atoms with Gasteiger partial charge in [0.25, 0.3) is 0 Å². The highest BCUT2D eigenvalue weighted by atomic mass is 32.1. The van der Waals surface area contributed by atoms with Gasteiger partial charge >= 0.3 is 6.09 Å². The summed E-state index contributed by atoms with van der Waals surface area (Å²) in [5.74, 6) is 1.31. The Kier molecular flexibility index (Phi) is 11.8. The smallest absolute Gasteiger partial charge is 0.404 e. The van der Waals surface area contributed by atoms with E-state index in [4.69, 9.17) is 10.8 Å². The highest BCUT2D eigenvalue weighted by Crippen LogP contribution is 2.33. The van der Waals surface area contributed by atoms with E-state index < -0.39 is 6.09 Å². The Morgan fingerprint density at radius 1 is 1.10 bits per heavy atom. The number of nitrogens with zero attached hydrogens (tertiary/aromatic N) is 2. The highest BCUT2D eigenvalue weighted by molar-refractivity contribution is 7.80. The second-order valence-electron chi connectivity index (χ2n) is 7.84. The fraction of sp³-hybridized carbons (Fsp3) is 0.500. The molecular weight excluding hydrogens is 398 g/mol. The van der Waals surface area contributed by atoms with Crippen LogP contribution in [0.3, 0.4) is 0 Å². The summed E-state index contributed by atoms with van der Waals surface area (Å²) in [5, 5.41) is 13.4. The minimum absolute atomic E-state index is 0.0255. The van der Waals surface area contributed by atoms with Crippen LogP contribution in [0.1, 0.15) is 64.9 Å². The molecule has 5 N–H and O–H groups in total. The molecule has 1 aliphatic carbocycles. The van der Waals surface area contributed by atoms with Gasteiger partial charge in [-0.3, -0.25) is 0 Å².